The standard InChI is InChI=1S/C19H14ClNO5/c1-26-15-9-10(8-14(20)18(15)23)2-5-12-6-3-11-4-7-13(19(24)25)17(22)16(11)21-12/h2-9,22-23H,1H3,(H,24,25)/b5-2+. The lowest BCUT2D eigenvalue weighted by molar-refractivity contribution is 0.0694. The van der Waals surface area contributed by atoms with E-state index in [9.17, 15) is 15.0 Å². The Balaban J connectivity index is 2.01. The molecule has 26 heavy (non-hydrogen) atoms. The van der Waals surface area contributed by atoms with Crippen molar-refractivity contribution in [3.05, 3.63) is 58.2 Å². The number of carboxylic acid groups (broad SMARTS) is 1. The highest BCUT2D eigenvalue weighted by atomic mass is 35.5. The number of hydrogen-bond acceptors (Lipinski definition) is 5. The van der Waals surface area contributed by atoms with E-state index in [-0.39, 0.29) is 33.4 Å². The van der Waals surface area contributed by atoms with Gasteiger partial charge in [0.25, 0.3) is 0 Å². The van der Waals surface area contributed by atoms with Gasteiger partial charge in [0.1, 0.15) is 11.1 Å². The molecule has 0 aliphatic rings. The molecular formula is C19H14ClNO5. The number of phenolic OH excluding ortho intramolecular Hbond substituents is 1. The van der Waals surface area contributed by atoms with Crippen LogP contribution in [0.2, 0.25) is 5.02 Å². The van der Waals surface area contributed by atoms with Gasteiger partial charge in [-0.1, -0.05) is 29.8 Å². The average molecular weight is 372 g/mol. The van der Waals surface area contributed by atoms with Gasteiger partial charge < -0.3 is 20.1 Å². The zero-order valence-corrected chi connectivity index (χ0v) is 14.4. The number of benzene rings is 2. The molecule has 6 nitrogen and oxygen atoms in total. The van der Waals surface area contributed by atoms with Crippen LogP contribution < -0.4 is 4.74 Å². The summed E-state index contributed by atoms with van der Waals surface area (Å²) in [6, 6.07) is 9.57. The van der Waals surface area contributed by atoms with Gasteiger partial charge in [-0.2, -0.15) is 0 Å². The van der Waals surface area contributed by atoms with Crippen molar-refractivity contribution >= 4 is 40.6 Å². The summed E-state index contributed by atoms with van der Waals surface area (Å²) in [5, 5.41) is 29.8. The van der Waals surface area contributed by atoms with Gasteiger partial charge in [0.2, 0.25) is 0 Å². The second-order valence-electron chi connectivity index (χ2n) is 5.46. The summed E-state index contributed by atoms with van der Waals surface area (Å²) in [7, 11) is 1.42. The highest BCUT2D eigenvalue weighted by Crippen LogP contribution is 2.35. The maximum absolute atomic E-state index is 11.1. The number of hydrogen-bond donors (Lipinski definition) is 3. The number of halogens is 1. The van der Waals surface area contributed by atoms with Crippen molar-refractivity contribution in [1.82, 2.24) is 4.98 Å². The second kappa shape index (κ2) is 6.93. The fraction of sp³-hybridized carbons (Fsp3) is 0.0526. The smallest absolute Gasteiger partial charge is 0.339 e. The van der Waals surface area contributed by atoms with Crippen molar-refractivity contribution in [3.63, 3.8) is 0 Å². The Bertz CT molecular complexity index is 1050. The van der Waals surface area contributed by atoms with Gasteiger partial charge in [-0.25, -0.2) is 9.78 Å². The SMILES string of the molecule is COc1cc(/C=C/c2ccc3ccc(C(=O)O)c(O)c3n2)cc(Cl)c1O. The minimum absolute atomic E-state index is 0.138. The summed E-state index contributed by atoms with van der Waals surface area (Å²) < 4.78 is 5.05. The number of aromatic nitrogens is 1. The highest BCUT2D eigenvalue weighted by Gasteiger charge is 2.13. The molecule has 7 heteroatoms. The molecule has 1 aromatic heterocycles. The summed E-state index contributed by atoms with van der Waals surface area (Å²) >= 11 is 5.96. The normalized spacial score (nSPS) is 11.2. The van der Waals surface area contributed by atoms with Crippen LogP contribution >= 0.6 is 11.6 Å². The number of phenols is 2. The number of aromatic hydroxyl groups is 2. The summed E-state index contributed by atoms with van der Waals surface area (Å²) in [5.41, 5.74) is 1.18. The lowest BCUT2D eigenvalue weighted by atomic mass is 10.1. The third-order valence-electron chi connectivity index (χ3n) is 3.80. The minimum Gasteiger partial charge on any atom is -0.505 e. The second-order valence-corrected chi connectivity index (χ2v) is 5.87. The molecule has 0 spiro atoms. The Labute approximate surface area is 153 Å². The fourth-order valence-corrected chi connectivity index (χ4v) is 2.70. The molecule has 0 aliphatic heterocycles. The summed E-state index contributed by atoms with van der Waals surface area (Å²) in [5.74, 6) is -1.49. The molecule has 0 saturated carbocycles. The van der Waals surface area contributed by atoms with Crippen molar-refractivity contribution in [2.24, 2.45) is 0 Å². The topological polar surface area (TPSA) is 99.9 Å². The van der Waals surface area contributed by atoms with Crippen molar-refractivity contribution in [3.8, 4) is 17.2 Å². The highest BCUT2D eigenvalue weighted by molar-refractivity contribution is 6.32. The van der Waals surface area contributed by atoms with Gasteiger partial charge >= 0.3 is 5.97 Å². The van der Waals surface area contributed by atoms with E-state index in [0.29, 0.717) is 16.6 Å². The van der Waals surface area contributed by atoms with Gasteiger partial charge in [0, 0.05) is 5.39 Å². The predicted molar refractivity (Wildman–Crippen MR) is 99.0 cm³/mol. The summed E-state index contributed by atoms with van der Waals surface area (Å²) in [6.45, 7) is 0. The average Bonchev–Trinajstić information content (AvgIpc) is 2.62. The number of fused-ring (bicyclic) bond motifs is 1. The Morgan fingerprint density at radius 3 is 2.54 bits per heavy atom. The number of carboxylic acids is 1. The van der Waals surface area contributed by atoms with Crippen LogP contribution in [0, 0.1) is 0 Å². The number of rotatable bonds is 4. The first-order valence-electron chi connectivity index (χ1n) is 7.51. The molecule has 0 aliphatic carbocycles. The van der Waals surface area contributed by atoms with Crippen molar-refractivity contribution in [2.75, 3.05) is 7.11 Å². The number of nitrogens with zero attached hydrogens (tertiary/aromatic N) is 1. The number of pyridine rings is 1. The Kier molecular flexibility index (Phi) is 4.69. The predicted octanol–water partition coefficient (Wildman–Crippen LogP) is 4.18. The van der Waals surface area contributed by atoms with Crippen LogP contribution in [-0.4, -0.2) is 33.4 Å². The van der Waals surface area contributed by atoms with Gasteiger partial charge in [-0.3, -0.25) is 0 Å². The molecule has 0 saturated heterocycles. The number of methoxy groups -OCH3 is 1. The van der Waals surface area contributed by atoms with E-state index in [1.807, 2.05) is 0 Å². The molecular weight excluding hydrogens is 358 g/mol. The molecule has 3 aromatic rings. The molecule has 3 N–H and O–H groups in total. The summed E-state index contributed by atoms with van der Waals surface area (Å²) in [6.07, 6.45) is 3.38. The first-order valence-corrected chi connectivity index (χ1v) is 7.89. The van der Waals surface area contributed by atoms with Crippen LogP contribution in [0.25, 0.3) is 23.1 Å². The zero-order valence-electron chi connectivity index (χ0n) is 13.6. The monoisotopic (exact) mass is 371 g/mol. The molecule has 0 radical (unpaired) electrons. The zero-order chi connectivity index (χ0) is 18.8. The molecule has 3 rings (SSSR count). The molecule has 0 unspecified atom stereocenters. The molecule has 0 amide bonds. The van der Waals surface area contributed by atoms with E-state index in [1.54, 1.807) is 42.5 Å². The first-order chi connectivity index (χ1) is 12.4. The van der Waals surface area contributed by atoms with E-state index >= 15 is 0 Å². The van der Waals surface area contributed by atoms with Crippen LogP contribution in [-0.2, 0) is 0 Å². The largest absolute Gasteiger partial charge is 0.505 e. The number of ether oxygens (including phenoxy) is 1. The van der Waals surface area contributed by atoms with Crippen molar-refractivity contribution in [2.45, 2.75) is 0 Å². The molecule has 1 heterocycles. The lowest BCUT2D eigenvalue weighted by Gasteiger charge is -2.06. The van der Waals surface area contributed by atoms with E-state index < -0.39 is 5.97 Å². The minimum atomic E-state index is -1.22. The Morgan fingerprint density at radius 1 is 1.12 bits per heavy atom. The van der Waals surface area contributed by atoms with Crippen LogP contribution in [0.5, 0.6) is 17.2 Å². The molecule has 0 bridgehead atoms. The molecule has 132 valence electrons. The van der Waals surface area contributed by atoms with E-state index in [1.165, 1.54) is 13.2 Å². The van der Waals surface area contributed by atoms with Gasteiger partial charge in [0.05, 0.1) is 17.8 Å². The molecule has 2 aromatic carbocycles. The summed E-state index contributed by atoms with van der Waals surface area (Å²) in [4.78, 5) is 15.4. The van der Waals surface area contributed by atoms with E-state index in [4.69, 9.17) is 21.4 Å². The maximum Gasteiger partial charge on any atom is 0.339 e. The number of carbonyl (C=O) groups is 1. The Hall–Kier alpha value is -3.25. The number of aromatic carboxylic acids is 1. The van der Waals surface area contributed by atoms with Crippen LogP contribution in [0.4, 0.5) is 0 Å². The van der Waals surface area contributed by atoms with E-state index in [2.05, 4.69) is 4.98 Å². The van der Waals surface area contributed by atoms with Crippen LogP contribution in [0.15, 0.2) is 36.4 Å². The Morgan fingerprint density at radius 2 is 1.85 bits per heavy atom. The van der Waals surface area contributed by atoms with Crippen molar-refractivity contribution < 1.29 is 24.9 Å². The third kappa shape index (κ3) is 3.27. The van der Waals surface area contributed by atoms with Crippen molar-refractivity contribution in [1.29, 1.82) is 0 Å². The van der Waals surface area contributed by atoms with Gasteiger partial charge in [-0.15, -0.1) is 0 Å². The fourth-order valence-electron chi connectivity index (χ4n) is 2.48. The van der Waals surface area contributed by atoms with E-state index in [0.717, 1.165) is 0 Å². The van der Waals surface area contributed by atoms with Gasteiger partial charge in [-0.05, 0) is 35.9 Å². The third-order valence-corrected chi connectivity index (χ3v) is 4.09. The first kappa shape index (κ1) is 17.6. The molecule has 0 fully saturated rings. The molecule has 0 atom stereocenters. The van der Waals surface area contributed by atoms with Crippen LogP contribution in [0.3, 0.4) is 0 Å². The van der Waals surface area contributed by atoms with Gasteiger partial charge in [0.15, 0.2) is 17.2 Å². The maximum atomic E-state index is 11.1. The van der Waals surface area contributed by atoms with Crippen LogP contribution in [0.1, 0.15) is 21.6 Å². The quantitative estimate of drug-likeness (QED) is 0.636. The lowest BCUT2D eigenvalue weighted by Crippen LogP contribution is -1.97.